The molecule has 0 fully saturated rings. The molecule has 0 unspecified atom stereocenters. The van der Waals surface area contributed by atoms with Crippen LogP contribution in [-0.2, 0) is 6.54 Å². The smallest absolute Gasteiger partial charge is 0.270 e. The van der Waals surface area contributed by atoms with Gasteiger partial charge in [-0.25, -0.2) is 0 Å². The molecule has 2 aromatic rings. The number of non-ortho nitro benzene ring substituents is 1. The van der Waals surface area contributed by atoms with Crippen LogP contribution in [0.1, 0.15) is 30.0 Å². The normalized spacial score (nSPS) is 17.0. The zero-order chi connectivity index (χ0) is 16.2. The van der Waals surface area contributed by atoms with Crippen LogP contribution in [0, 0.1) is 10.1 Å². The van der Waals surface area contributed by atoms with E-state index in [1.54, 1.807) is 0 Å². The summed E-state index contributed by atoms with van der Waals surface area (Å²) in [5.41, 5.74) is 1.57. The van der Waals surface area contributed by atoms with Crippen molar-refractivity contribution in [3.63, 3.8) is 0 Å². The van der Waals surface area contributed by atoms with E-state index < -0.39 is 4.92 Å². The molecule has 1 aliphatic rings. The van der Waals surface area contributed by atoms with Crippen molar-refractivity contribution in [1.29, 1.82) is 0 Å². The van der Waals surface area contributed by atoms with Crippen LogP contribution < -0.4 is 10.1 Å². The quantitative estimate of drug-likeness (QED) is 0.668. The Hall–Kier alpha value is -2.60. The number of aromatic hydroxyl groups is 1. The molecule has 0 saturated heterocycles. The van der Waals surface area contributed by atoms with Crippen LogP contribution in [0.2, 0.25) is 0 Å². The summed E-state index contributed by atoms with van der Waals surface area (Å²) in [6.07, 6.45) is 1.83. The third-order valence-electron chi connectivity index (χ3n) is 4.00. The SMILES string of the molecule is O=[N+]([O-])c1ccc(O)c(CN[C@H]2CCCOc3ccccc32)c1. The predicted octanol–water partition coefficient (Wildman–Crippen LogP) is 3.30. The molecule has 0 spiro atoms. The Bertz CT molecular complexity index is 717. The summed E-state index contributed by atoms with van der Waals surface area (Å²) in [4.78, 5) is 10.4. The van der Waals surface area contributed by atoms with Crippen LogP contribution in [0.25, 0.3) is 0 Å². The summed E-state index contributed by atoms with van der Waals surface area (Å²) >= 11 is 0. The van der Waals surface area contributed by atoms with Gasteiger partial charge in [-0.1, -0.05) is 18.2 Å². The van der Waals surface area contributed by atoms with Gasteiger partial charge < -0.3 is 15.2 Å². The first-order chi connectivity index (χ1) is 11.1. The van der Waals surface area contributed by atoms with Gasteiger partial charge in [0, 0.05) is 35.8 Å². The highest BCUT2D eigenvalue weighted by molar-refractivity contribution is 5.43. The van der Waals surface area contributed by atoms with Crippen LogP contribution in [0.4, 0.5) is 5.69 Å². The van der Waals surface area contributed by atoms with Gasteiger partial charge in [0.15, 0.2) is 0 Å². The summed E-state index contributed by atoms with van der Waals surface area (Å²) in [6.45, 7) is 1.03. The standard InChI is InChI=1S/C17H18N2O4/c20-16-8-7-13(19(21)22)10-12(16)11-18-15-5-3-9-23-17-6-2-1-4-14(15)17/h1-2,4,6-8,10,15,18,20H,3,5,9,11H2/t15-/m0/s1. The minimum Gasteiger partial charge on any atom is -0.508 e. The van der Waals surface area contributed by atoms with Gasteiger partial charge in [0.05, 0.1) is 11.5 Å². The average molecular weight is 314 g/mol. The minimum atomic E-state index is -0.461. The molecule has 3 rings (SSSR count). The molecule has 1 atom stereocenters. The van der Waals surface area contributed by atoms with Gasteiger partial charge in [0.25, 0.3) is 5.69 Å². The highest BCUT2D eigenvalue weighted by atomic mass is 16.6. The van der Waals surface area contributed by atoms with Crippen LogP contribution in [0.3, 0.4) is 0 Å². The Morgan fingerprint density at radius 3 is 2.96 bits per heavy atom. The lowest BCUT2D eigenvalue weighted by Gasteiger charge is -2.18. The number of rotatable bonds is 4. The second-order valence-corrected chi connectivity index (χ2v) is 5.53. The van der Waals surface area contributed by atoms with E-state index in [1.165, 1.54) is 18.2 Å². The van der Waals surface area contributed by atoms with Crippen LogP contribution in [-0.4, -0.2) is 16.6 Å². The first-order valence-electron chi connectivity index (χ1n) is 7.56. The molecule has 0 saturated carbocycles. The molecule has 120 valence electrons. The van der Waals surface area contributed by atoms with Gasteiger partial charge in [0.1, 0.15) is 11.5 Å². The number of fused-ring (bicyclic) bond motifs is 1. The van der Waals surface area contributed by atoms with E-state index in [4.69, 9.17) is 4.74 Å². The van der Waals surface area contributed by atoms with E-state index in [-0.39, 0.29) is 17.5 Å². The monoisotopic (exact) mass is 314 g/mol. The Morgan fingerprint density at radius 2 is 2.13 bits per heavy atom. The van der Waals surface area contributed by atoms with Crippen LogP contribution >= 0.6 is 0 Å². The van der Waals surface area contributed by atoms with Crippen molar-refractivity contribution in [3.8, 4) is 11.5 Å². The first kappa shape index (κ1) is 15.3. The maximum atomic E-state index is 10.9. The number of benzene rings is 2. The Labute approximate surface area is 133 Å². The third kappa shape index (κ3) is 3.43. The molecule has 0 radical (unpaired) electrons. The van der Waals surface area contributed by atoms with E-state index in [1.807, 2.05) is 24.3 Å². The molecule has 2 N–H and O–H groups in total. The van der Waals surface area contributed by atoms with E-state index in [0.717, 1.165) is 24.2 Å². The summed E-state index contributed by atoms with van der Waals surface area (Å²) in [6, 6.07) is 12.0. The molecule has 1 aliphatic heterocycles. The highest BCUT2D eigenvalue weighted by Crippen LogP contribution is 2.32. The maximum Gasteiger partial charge on any atom is 0.270 e. The molecule has 6 nitrogen and oxygen atoms in total. The number of ether oxygens (including phenoxy) is 1. The zero-order valence-electron chi connectivity index (χ0n) is 12.6. The molecule has 6 heteroatoms. The van der Waals surface area contributed by atoms with E-state index >= 15 is 0 Å². The van der Waals surface area contributed by atoms with Crippen molar-refractivity contribution in [1.82, 2.24) is 5.32 Å². The molecule has 1 heterocycles. The average Bonchev–Trinajstić information content (AvgIpc) is 2.76. The van der Waals surface area contributed by atoms with Crippen LogP contribution in [0.5, 0.6) is 11.5 Å². The Kier molecular flexibility index (Phi) is 4.43. The molecule has 2 aromatic carbocycles. The van der Waals surface area contributed by atoms with Crippen molar-refractivity contribution in [2.75, 3.05) is 6.61 Å². The van der Waals surface area contributed by atoms with Crippen molar-refractivity contribution < 1.29 is 14.8 Å². The number of nitrogens with one attached hydrogen (secondary N) is 1. The van der Waals surface area contributed by atoms with Gasteiger partial charge in [-0.15, -0.1) is 0 Å². The number of nitrogens with zero attached hydrogens (tertiary/aromatic N) is 1. The second kappa shape index (κ2) is 6.66. The Morgan fingerprint density at radius 1 is 1.30 bits per heavy atom. The highest BCUT2D eigenvalue weighted by Gasteiger charge is 2.19. The van der Waals surface area contributed by atoms with Crippen LogP contribution in [0.15, 0.2) is 42.5 Å². The predicted molar refractivity (Wildman–Crippen MR) is 85.5 cm³/mol. The molecule has 23 heavy (non-hydrogen) atoms. The molecular weight excluding hydrogens is 296 g/mol. The minimum absolute atomic E-state index is 0.0239. The van der Waals surface area contributed by atoms with Gasteiger partial charge >= 0.3 is 0 Å². The molecule has 0 bridgehead atoms. The number of phenolic OH excluding ortho intramolecular Hbond substituents is 1. The number of para-hydroxylation sites is 1. The van der Waals surface area contributed by atoms with E-state index in [2.05, 4.69) is 5.32 Å². The summed E-state index contributed by atoms with van der Waals surface area (Å²) in [5, 5.41) is 24.2. The van der Waals surface area contributed by atoms with Crippen molar-refractivity contribution in [2.24, 2.45) is 0 Å². The van der Waals surface area contributed by atoms with Gasteiger partial charge in [0.2, 0.25) is 0 Å². The topological polar surface area (TPSA) is 84.6 Å². The lowest BCUT2D eigenvalue weighted by atomic mass is 10.0. The fourth-order valence-corrected chi connectivity index (χ4v) is 2.80. The summed E-state index contributed by atoms with van der Waals surface area (Å²) in [5.74, 6) is 0.923. The van der Waals surface area contributed by atoms with Gasteiger partial charge in [-0.3, -0.25) is 10.1 Å². The largest absolute Gasteiger partial charge is 0.508 e. The summed E-state index contributed by atoms with van der Waals surface area (Å²) in [7, 11) is 0. The lowest BCUT2D eigenvalue weighted by Crippen LogP contribution is -2.20. The fraction of sp³-hybridized carbons (Fsp3) is 0.294. The Balaban J connectivity index is 1.78. The second-order valence-electron chi connectivity index (χ2n) is 5.53. The van der Waals surface area contributed by atoms with Crippen molar-refractivity contribution in [3.05, 3.63) is 63.7 Å². The van der Waals surface area contributed by atoms with Gasteiger partial charge in [-0.2, -0.15) is 0 Å². The summed E-state index contributed by atoms with van der Waals surface area (Å²) < 4.78 is 5.73. The van der Waals surface area contributed by atoms with Gasteiger partial charge in [-0.05, 0) is 25.0 Å². The number of hydrogen-bond donors (Lipinski definition) is 2. The first-order valence-corrected chi connectivity index (χ1v) is 7.56. The zero-order valence-corrected chi connectivity index (χ0v) is 12.6. The van der Waals surface area contributed by atoms with Crippen molar-refractivity contribution >= 4 is 5.69 Å². The van der Waals surface area contributed by atoms with E-state index in [0.29, 0.717) is 18.7 Å². The molecule has 0 aromatic heterocycles. The fourth-order valence-electron chi connectivity index (χ4n) is 2.80. The maximum absolute atomic E-state index is 10.9. The number of nitro groups is 1. The molecular formula is C17H18N2O4. The molecule has 0 amide bonds. The number of hydrogen-bond acceptors (Lipinski definition) is 5. The van der Waals surface area contributed by atoms with E-state index in [9.17, 15) is 15.2 Å². The molecule has 0 aliphatic carbocycles. The number of phenols is 1. The lowest BCUT2D eigenvalue weighted by molar-refractivity contribution is -0.384. The van der Waals surface area contributed by atoms with Crippen molar-refractivity contribution in [2.45, 2.75) is 25.4 Å². The number of nitro benzene ring substituents is 1. The third-order valence-corrected chi connectivity index (χ3v) is 4.00.